The molecule has 3 aliphatic heterocycles. The van der Waals surface area contributed by atoms with Crippen LogP contribution in [0.3, 0.4) is 0 Å². The third kappa shape index (κ3) is 3.28. The lowest BCUT2D eigenvalue weighted by molar-refractivity contribution is -0.142. The number of nitrogens with zero attached hydrogens (tertiary/aromatic N) is 4. The number of hydrogen-bond acceptors (Lipinski definition) is 4. The Kier molecular flexibility index (Phi) is 4.73. The van der Waals surface area contributed by atoms with E-state index in [1.54, 1.807) is 18.1 Å². The van der Waals surface area contributed by atoms with E-state index in [4.69, 9.17) is 4.74 Å². The van der Waals surface area contributed by atoms with Crippen molar-refractivity contribution in [1.29, 1.82) is 0 Å². The van der Waals surface area contributed by atoms with Gasteiger partial charge < -0.3 is 19.1 Å². The zero-order valence-electron chi connectivity index (χ0n) is 18.2. The number of hydrogen-bond donors (Lipinski definition) is 0. The van der Waals surface area contributed by atoms with Gasteiger partial charge in [-0.25, -0.2) is 4.98 Å². The molecule has 2 bridgehead atoms. The summed E-state index contributed by atoms with van der Waals surface area (Å²) >= 11 is 0. The molecule has 7 heteroatoms. The van der Waals surface area contributed by atoms with E-state index in [0.717, 1.165) is 12.2 Å². The standard InChI is InChI=1S/C24H28N4O3/c1-16-4-6-17(7-5-16)9-12-28-15-24-10-8-18(31-24)20(21(24)23(28)30)22(29)27(3)14-19-25-11-13-26(19)2/h4-8,10-11,13,18,20-21H,9,12,14-15H2,1-3H3/t18-,20-,21+,24-/m0/s1. The first-order valence-electron chi connectivity index (χ1n) is 10.8. The number of benzene rings is 1. The number of ether oxygens (including phenoxy) is 1. The SMILES string of the molecule is Cc1ccc(CCN2C[C@]34C=C[C@H](O3)[C@H](C(=O)N(C)Cc3nccn3C)[C@@H]4C2=O)cc1. The fourth-order valence-corrected chi connectivity index (χ4v) is 5.16. The lowest BCUT2D eigenvalue weighted by Gasteiger charge is -2.27. The molecule has 0 aliphatic carbocycles. The maximum Gasteiger partial charge on any atom is 0.230 e. The molecule has 0 radical (unpaired) electrons. The summed E-state index contributed by atoms with van der Waals surface area (Å²) in [7, 11) is 3.68. The van der Waals surface area contributed by atoms with Crippen molar-refractivity contribution in [2.24, 2.45) is 18.9 Å². The normalized spacial score (nSPS) is 28.4. The summed E-state index contributed by atoms with van der Waals surface area (Å²) in [6.45, 7) is 3.62. The monoisotopic (exact) mass is 420 g/mol. The quantitative estimate of drug-likeness (QED) is 0.668. The van der Waals surface area contributed by atoms with Crippen molar-refractivity contribution in [2.75, 3.05) is 20.1 Å². The van der Waals surface area contributed by atoms with Crippen molar-refractivity contribution in [1.82, 2.24) is 19.4 Å². The van der Waals surface area contributed by atoms with E-state index < -0.39 is 17.4 Å². The van der Waals surface area contributed by atoms with E-state index in [0.29, 0.717) is 19.6 Å². The summed E-state index contributed by atoms with van der Waals surface area (Å²) in [6, 6.07) is 8.40. The molecule has 162 valence electrons. The summed E-state index contributed by atoms with van der Waals surface area (Å²) in [5.74, 6) is -0.146. The van der Waals surface area contributed by atoms with Crippen molar-refractivity contribution < 1.29 is 14.3 Å². The Balaban J connectivity index is 1.31. The van der Waals surface area contributed by atoms with Gasteiger partial charge in [-0.2, -0.15) is 0 Å². The summed E-state index contributed by atoms with van der Waals surface area (Å²) in [5, 5.41) is 0. The second-order valence-electron chi connectivity index (χ2n) is 9.04. The fourth-order valence-electron chi connectivity index (χ4n) is 5.16. The zero-order chi connectivity index (χ0) is 21.8. The highest BCUT2D eigenvalue weighted by atomic mass is 16.5. The van der Waals surface area contributed by atoms with E-state index in [9.17, 15) is 9.59 Å². The van der Waals surface area contributed by atoms with Crippen molar-refractivity contribution in [3.63, 3.8) is 0 Å². The molecule has 0 unspecified atom stereocenters. The zero-order valence-corrected chi connectivity index (χ0v) is 18.2. The summed E-state index contributed by atoms with van der Waals surface area (Å²) in [5.41, 5.74) is 1.76. The van der Waals surface area contributed by atoms with Crippen LogP contribution in [-0.4, -0.2) is 63.0 Å². The summed E-state index contributed by atoms with van der Waals surface area (Å²) in [6.07, 6.45) is 8.01. The topological polar surface area (TPSA) is 67.7 Å². The van der Waals surface area contributed by atoms with Crippen LogP contribution in [0.5, 0.6) is 0 Å². The molecule has 4 atom stereocenters. The number of carbonyl (C=O) groups excluding carboxylic acids is 2. The van der Waals surface area contributed by atoms with E-state index in [1.165, 1.54) is 11.1 Å². The van der Waals surface area contributed by atoms with Crippen LogP contribution >= 0.6 is 0 Å². The van der Waals surface area contributed by atoms with E-state index in [1.807, 2.05) is 34.9 Å². The predicted octanol–water partition coefficient (Wildman–Crippen LogP) is 1.71. The molecule has 2 saturated heterocycles. The number of imidazole rings is 1. The lowest BCUT2D eigenvalue weighted by Crippen LogP contribution is -2.44. The van der Waals surface area contributed by atoms with E-state index >= 15 is 0 Å². The second kappa shape index (κ2) is 7.34. The number of rotatable bonds is 6. The first-order chi connectivity index (χ1) is 14.9. The number of fused-ring (bicyclic) bond motifs is 1. The average molecular weight is 421 g/mol. The number of aromatic nitrogens is 2. The molecule has 7 nitrogen and oxygen atoms in total. The van der Waals surface area contributed by atoms with Crippen molar-refractivity contribution in [3.8, 4) is 0 Å². The molecule has 1 aromatic heterocycles. The van der Waals surface area contributed by atoms with Crippen LogP contribution in [0.2, 0.25) is 0 Å². The summed E-state index contributed by atoms with van der Waals surface area (Å²) in [4.78, 5) is 34.6. The molecule has 31 heavy (non-hydrogen) atoms. The Labute approximate surface area is 182 Å². The Morgan fingerprint density at radius 3 is 2.81 bits per heavy atom. The average Bonchev–Trinajstić information content (AvgIpc) is 3.49. The fraction of sp³-hybridized carbons (Fsp3) is 0.458. The number of likely N-dealkylation sites (tertiary alicyclic amines) is 1. The van der Waals surface area contributed by atoms with E-state index in [-0.39, 0.29) is 17.9 Å². The maximum atomic E-state index is 13.4. The minimum absolute atomic E-state index is 0.0303. The van der Waals surface area contributed by atoms with Gasteiger partial charge in [0.05, 0.1) is 31.0 Å². The van der Waals surface area contributed by atoms with Gasteiger partial charge >= 0.3 is 0 Å². The highest BCUT2D eigenvalue weighted by Gasteiger charge is 2.66. The largest absolute Gasteiger partial charge is 0.360 e. The minimum Gasteiger partial charge on any atom is -0.360 e. The third-order valence-electron chi connectivity index (χ3n) is 6.93. The van der Waals surface area contributed by atoms with Gasteiger partial charge in [-0.05, 0) is 18.9 Å². The van der Waals surface area contributed by atoms with Gasteiger partial charge in [0, 0.05) is 33.0 Å². The Morgan fingerprint density at radius 1 is 1.32 bits per heavy atom. The van der Waals surface area contributed by atoms with Gasteiger partial charge in [-0.1, -0.05) is 42.0 Å². The highest BCUT2D eigenvalue weighted by Crippen LogP contribution is 2.52. The number of amides is 2. The van der Waals surface area contributed by atoms with E-state index in [2.05, 4.69) is 36.2 Å². The van der Waals surface area contributed by atoms with Crippen molar-refractivity contribution in [3.05, 3.63) is 65.8 Å². The van der Waals surface area contributed by atoms with Gasteiger partial charge in [0.25, 0.3) is 0 Å². The first kappa shape index (κ1) is 20.0. The van der Waals surface area contributed by atoms with Gasteiger partial charge in [-0.15, -0.1) is 0 Å². The van der Waals surface area contributed by atoms with Crippen LogP contribution in [0, 0.1) is 18.8 Å². The second-order valence-corrected chi connectivity index (χ2v) is 9.04. The Morgan fingerprint density at radius 2 is 2.10 bits per heavy atom. The molecule has 2 fully saturated rings. The number of carbonyl (C=O) groups is 2. The molecule has 0 N–H and O–H groups in total. The number of aryl methyl sites for hydroxylation is 2. The molecular formula is C24H28N4O3. The molecule has 4 heterocycles. The van der Waals surface area contributed by atoms with Gasteiger partial charge in [-0.3, -0.25) is 9.59 Å². The molecule has 1 aromatic carbocycles. The summed E-state index contributed by atoms with van der Waals surface area (Å²) < 4.78 is 8.15. The minimum atomic E-state index is -0.667. The van der Waals surface area contributed by atoms with Crippen LogP contribution in [0.4, 0.5) is 0 Å². The molecular weight excluding hydrogens is 392 g/mol. The smallest absolute Gasteiger partial charge is 0.230 e. The van der Waals surface area contributed by atoms with Crippen molar-refractivity contribution >= 4 is 11.8 Å². The maximum absolute atomic E-state index is 13.4. The van der Waals surface area contributed by atoms with Crippen LogP contribution in [-0.2, 0) is 34.3 Å². The van der Waals surface area contributed by atoms with Gasteiger partial charge in [0.15, 0.2) is 0 Å². The first-order valence-corrected chi connectivity index (χ1v) is 10.8. The van der Waals surface area contributed by atoms with Crippen LogP contribution in [0.25, 0.3) is 0 Å². The Bertz CT molecular complexity index is 1040. The van der Waals surface area contributed by atoms with Gasteiger partial charge in [0.2, 0.25) is 11.8 Å². The molecule has 2 aromatic rings. The third-order valence-corrected chi connectivity index (χ3v) is 6.93. The van der Waals surface area contributed by atoms with Crippen LogP contribution in [0.15, 0.2) is 48.8 Å². The predicted molar refractivity (Wildman–Crippen MR) is 115 cm³/mol. The van der Waals surface area contributed by atoms with Crippen molar-refractivity contribution in [2.45, 2.75) is 31.6 Å². The Hall–Kier alpha value is -2.93. The van der Waals surface area contributed by atoms with Crippen LogP contribution < -0.4 is 0 Å². The lowest BCUT2D eigenvalue weighted by atomic mass is 9.76. The molecule has 5 rings (SSSR count). The molecule has 3 aliphatic rings. The molecule has 2 amide bonds. The van der Waals surface area contributed by atoms with Gasteiger partial charge in [0.1, 0.15) is 11.4 Å². The molecule has 0 saturated carbocycles. The highest BCUT2D eigenvalue weighted by molar-refractivity contribution is 5.93. The molecule has 1 spiro atoms. The van der Waals surface area contributed by atoms with Crippen LogP contribution in [0.1, 0.15) is 17.0 Å².